The van der Waals surface area contributed by atoms with Crippen LogP contribution in [0.5, 0.6) is 0 Å². The number of aromatic nitrogens is 1. The Kier molecular flexibility index (Phi) is 4.84. The molecule has 1 aromatic rings. The first-order valence-electron chi connectivity index (χ1n) is 6.27. The monoisotopic (exact) mass is 249 g/mol. The number of nitrogens with one attached hydrogen (secondary N) is 2. The summed E-state index contributed by atoms with van der Waals surface area (Å²) >= 11 is 0. The summed E-state index contributed by atoms with van der Waals surface area (Å²) in [5.41, 5.74) is 0.924. The molecule has 2 atom stereocenters. The maximum Gasteiger partial charge on any atom is 0.237 e. The predicted molar refractivity (Wildman–Crippen MR) is 73.1 cm³/mol. The number of carbonyl (C=O) groups is 1. The van der Waals surface area contributed by atoms with Crippen LogP contribution in [0.25, 0.3) is 0 Å². The van der Waals surface area contributed by atoms with Gasteiger partial charge in [0.05, 0.1) is 6.04 Å². The number of hydrogen-bond acceptors (Lipinski definition) is 3. The number of rotatable bonds is 4. The Labute approximate surface area is 109 Å². The van der Waals surface area contributed by atoms with Crippen molar-refractivity contribution in [1.82, 2.24) is 15.6 Å². The Hall–Kier alpha value is -1.42. The summed E-state index contributed by atoms with van der Waals surface area (Å²) in [6.07, 6.45) is 3.51. The molecule has 1 amide bonds. The fourth-order valence-electron chi connectivity index (χ4n) is 1.68. The summed E-state index contributed by atoms with van der Waals surface area (Å²) in [6, 6.07) is 3.79. The number of amides is 1. The van der Waals surface area contributed by atoms with Gasteiger partial charge in [0.15, 0.2) is 0 Å². The molecule has 0 saturated heterocycles. The highest BCUT2D eigenvalue weighted by Gasteiger charge is 2.20. The zero-order valence-corrected chi connectivity index (χ0v) is 11.8. The van der Waals surface area contributed by atoms with E-state index in [9.17, 15) is 4.79 Å². The van der Waals surface area contributed by atoms with Crippen LogP contribution in [0.4, 0.5) is 0 Å². The largest absolute Gasteiger partial charge is 0.350 e. The van der Waals surface area contributed by atoms with Crippen LogP contribution in [-0.2, 0) is 4.79 Å². The zero-order chi connectivity index (χ0) is 13.8. The molecular weight excluding hydrogens is 226 g/mol. The molecule has 0 radical (unpaired) electrons. The number of nitrogens with zero attached hydrogens (tertiary/aromatic N) is 1. The van der Waals surface area contributed by atoms with E-state index in [1.165, 1.54) is 0 Å². The van der Waals surface area contributed by atoms with E-state index in [1.54, 1.807) is 12.4 Å². The molecule has 2 unspecified atom stereocenters. The van der Waals surface area contributed by atoms with E-state index in [-0.39, 0.29) is 23.5 Å². The lowest BCUT2D eigenvalue weighted by Crippen LogP contribution is -2.49. The molecule has 0 aliphatic heterocycles. The molecule has 1 rings (SSSR count). The number of hydrogen-bond donors (Lipinski definition) is 2. The van der Waals surface area contributed by atoms with Crippen molar-refractivity contribution in [2.75, 3.05) is 0 Å². The van der Waals surface area contributed by atoms with Crippen molar-refractivity contribution in [3.05, 3.63) is 30.1 Å². The van der Waals surface area contributed by atoms with Gasteiger partial charge < -0.3 is 5.32 Å². The summed E-state index contributed by atoms with van der Waals surface area (Å²) in [6.45, 7) is 9.84. The Morgan fingerprint density at radius 1 is 1.22 bits per heavy atom. The molecule has 0 saturated carbocycles. The highest BCUT2D eigenvalue weighted by atomic mass is 16.2. The van der Waals surface area contributed by atoms with Crippen LogP contribution in [0.3, 0.4) is 0 Å². The van der Waals surface area contributed by atoms with Crippen molar-refractivity contribution in [3.63, 3.8) is 0 Å². The quantitative estimate of drug-likeness (QED) is 0.858. The van der Waals surface area contributed by atoms with Gasteiger partial charge >= 0.3 is 0 Å². The molecule has 100 valence electrons. The van der Waals surface area contributed by atoms with Gasteiger partial charge in [0.25, 0.3) is 0 Å². The third-order valence-electron chi connectivity index (χ3n) is 2.60. The van der Waals surface area contributed by atoms with Gasteiger partial charge in [-0.15, -0.1) is 0 Å². The maximum absolute atomic E-state index is 11.9. The van der Waals surface area contributed by atoms with Gasteiger partial charge in [0.2, 0.25) is 5.91 Å². The first-order chi connectivity index (χ1) is 8.29. The smallest absolute Gasteiger partial charge is 0.237 e. The van der Waals surface area contributed by atoms with E-state index in [4.69, 9.17) is 0 Å². The Morgan fingerprint density at radius 3 is 2.28 bits per heavy atom. The molecule has 0 aliphatic carbocycles. The van der Waals surface area contributed by atoms with Crippen molar-refractivity contribution in [2.24, 2.45) is 0 Å². The average Bonchev–Trinajstić information content (AvgIpc) is 2.27. The van der Waals surface area contributed by atoms with Crippen molar-refractivity contribution in [1.29, 1.82) is 0 Å². The van der Waals surface area contributed by atoms with E-state index >= 15 is 0 Å². The third kappa shape index (κ3) is 4.84. The zero-order valence-electron chi connectivity index (χ0n) is 11.8. The topological polar surface area (TPSA) is 54.0 Å². The van der Waals surface area contributed by atoms with Crippen LogP contribution in [0.1, 0.15) is 46.2 Å². The van der Waals surface area contributed by atoms with Gasteiger partial charge in [0.1, 0.15) is 0 Å². The summed E-state index contributed by atoms with van der Waals surface area (Å²) in [4.78, 5) is 15.9. The fraction of sp³-hybridized carbons (Fsp3) is 0.571. The van der Waals surface area contributed by atoms with Crippen LogP contribution in [-0.4, -0.2) is 22.5 Å². The number of carbonyl (C=O) groups excluding carboxylic acids is 1. The van der Waals surface area contributed by atoms with Crippen LogP contribution in [0, 0.1) is 0 Å². The minimum absolute atomic E-state index is 0.0170. The molecule has 18 heavy (non-hydrogen) atoms. The Morgan fingerprint density at radius 2 is 1.78 bits per heavy atom. The van der Waals surface area contributed by atoms with Crippen molar-refractivity contribution >= 4 is 5.91 Å². The van der Waals surface area contributed by atoms with Gasteiger partial charge in [-0.3, -0.25) is 15.1 Å². The first-order valence-corrected chi connectivity index (χ1v) is 6.27. The molecule has 0 aromatic carbocycles. The second-order valence-electron chi connectivity index (χ2n) is 5.63. The summed E-state index contributed by atoms with van der Waals surface area (Å²) in [5, 5.41) is 6.24. The van der Waals surface area contributed by atoms with Crippen LogP contribution in [0.2, 0.25) is 0 Å². The van der Waals surface area contributed by atoms with Crippen molar-refractivity contribution in [2.45, 2.75) is 52.2 Å². The molecule has 4 nitrogen and oxygen atoms in total. The average molecular weight is 249 g/mol. The standard InChI is InChI=1S/C14H23N3O/c1-10(12-6-8-15-9-7-12)16-11(2)13(18)17-14(3,4)5/h6-11,16H,1-5H3,(H,17,18). The lowest BCUT2D eigenvalue weighted by Gasteiger charge is -2.25. The molecule has 2 N–H and O–H groups in total. The van der Waals surface area contributed by atoms with Crippen molar-refractivity contribution < 1.29 is 4.79 Å². The molecule has 0 fully saturated rings. The SMILES string of the molecule is CC(NC(C)c1ccncc1)C(=O)NC(C)(C)C. The summed E-state index contributed by atoms with van der Waals surface area (Å²) in [7, 11) is 0. The first kappa shape index (κ1) is 14.6. The fourth-order valence-corrected chi connectivity index (χ4v) is 1.68. The molecule has 0 bridgehead atoms. The van der Waals surface area contributed by atoms with Gasteiger partial charge in [-0.2, -0.15) is 0 Å². The minimum Gasteiger partial charge on any atom is -0.350 e. The highest BCUT2D eigenvalue weighted by Crippen LogP contribution is 2.11. The number of pyridine rings is 1. The molecule has 1 heterocycles. The normalized spacial score (nSPS) is 14.9. The second-order valence-corrected chi connectivity index (χ2v) is 5.63. The lowest BCUT2D eigenvalue weighted by molar-refractivity contribution is -0.124. The Bertz CT molecular complexity index is 384. The van der Waals surface area contributed by atoms with Gasteiger partial charge in [0, 0.05) is 24.0 Å². The van der Waals surface area contributed by atoms with E-state index in [0.29, 0.717) is 0 Å². The molecule has 0 aliphatic rings. The van der Waals surface area contributed by atoms with E-state index < -0.39 is 0 Å². The van der Waals surface area contributed by atoms with Crippen LogP contribution < -0.4 is 10.6 Å². The lowest BCUT2D eigenvalue weighted by atomic mass is 10.1. The maximum atomic E-state index is 11.9. The third-order valence-corrected chi connectivity index (χ3v) is 2.60. The summed E-state index contributed by atoms with van der Waals surface area (Å²) in [5.74, 6) is 0.0170. The second kappa shape index (κ2) is 5.96. The minimum atomic E-state index is -0.229. The highest BCUT2D eigenvalue weighted by molar-refractivity contribution is 5.81. The van der Waals surface area contributed by atoms with Crippen molar-refractivity contribution in [3.8, 4) is 0 Å². The van der Waals surface area contributed by atoms with Gasteiger partial charge in [-0.1, -0.05) is 0 Å². The van der Waals surface area contributed by atoms with E-state index in [0.717, 1.165) is 5.56 Å². The van der Waals surface area contributed by atoms with Gasteiger partial charge in [-0.25, -0.2) is 0 Å². The van der Waals surface area contributed by atoms with E-state index in [2.05, 4.69) is 15.6 Å². The van der Waals surface area contributed by atoms with Crippen LogP contribution in [0.15, 0.2) is 24.5 Å². The van der Waals surface area contributed by atoms with Gasteiger partial charge in [-0.05, 0) is 52.3 Å². The summed E-state index contributed by atoms with van der Waals surface area (Å²) < 4.78 is 0. The van der Waals surface area contributed by atoms with Crippen LogP contribution >= 0.6 is 0 Å². The molecular formula is C14H23N3O. The van der Waals surface area contributed by atoms with E-state index in [1.807, 2.05) is 46.8 Å². The Balaban J connectivity index is 2.55. The molecule has 1 aromatic heterocycles. The molecule has 4 heteroatoms. The predicted octanol–water partition coefficient (Wildman–Crippen LogP) is 2.04. The molecule has 0 spiro atoms.